The number of ether oxygens (including phenoxy) is 1. The van der Waals surface area contributed by atoms with Gasteiger partial charge < -0.3 is 9.72 Å². The van der Waals surface area contributed by atoms with Gasteiger partial charge in [0.2, 0.25) is 6.17 Å². The van der Waals surface area contributed by atoms with E-state index in [1.165, 1.54) is 16.5 Å². The summed E-state index contributed by atoms with van der Waals surface area (Å²) >= 11 is 0. The number of fused-ring (bicyclic) bond motifs is 1. The molecule has 1 aromatic carbocycles. The molecule has 0 saturated carbocycles. The van der Waals surface area contributed by atoms with E-state index in [1.54, 1.807) is 16.9 Å². The Labute approximate surface area is 154 Å². The van der Waals surface area contributed by atoms with Crippen LogP contribution in [0.5, 0.6) is 5.75 Å². The van der Waals surface area contributed by atoms with E-state index in [2.05, 4.69) is 37.2 Å². The molecule has 26 heavy (non-hydrogen) atoms. The zero-order valence-electron chi connectivity index (χ0n) is 15.9. The summed E-state index contributed by atoms with van der Waals surface area (Å²) in [5, 5.41) is 1.27. The smallest absolute Gasteiger partial charge is 0.242 e. The molecule has 0 radical (unpaired) electrons. The Hall–Kier alpha value is -1.85. The van der Waals surface area contributed by atoms with Gasteiger partial charge in [-0.3, -0.25) is 14.6 Å². The Morgan fingerprint density at radius 1 is 1.12 bits per heavy atom. The SMILES string of the molecule is CCC12C[NH+]3CC(CC)(C[NH+](C1)C3c1c[nH]c3ccc(OC)cc13)C2=O. The summed E-state index contributed by atoms with van der Waals surface area (Å²) in [6.07, 6.45) is 4.57. The molecule has 5 heterocycles. The van der Waals surface area contributed by atoms with Gasteiger partial charge >= 0.3 is 0 Å². The van der Waals surface area contributed by atoms with Gasteiger partial charge in [-0.1, -0.05) is 13.8 Å². The molecule has 3 N–H and O–H groups in total. The summed E-state index contributed by atoms with van der Waals surface area (Å²) in [5.74, 6) is 1.48. The predicted octanol–water partition coefficient (Wildman–Crippen LogP) is 0.348. The Morgan fingerprint density at radius 3 is 2.27 bits per heavy atom. The van der Waals surface area contributed by atoms with Crippen LogP contribution in [0.2, 0.25) is 0 Å². The number of carbonyl (C=O) groups excluding carboxylic acids is 1. The maximum absolute atomic E-state index is 13.3. The lowest BCUT2D eigenvalue weighted by Crippen LogP contribution is -3.41. The molecule has 5 nitrogen and oxygen atoms in total. The molecule has 1 aromatic heterocycles. The third-order valence-corrected chi connectivity index (χ3v) is 7.63. The number of hydrogen-bond acceptors (Lipinski definition) is 2. The number of hydrogen-bond donors (Lipinski definition) is 3. The molecule has 4 aliphatic rings. The predicted molar refractivity (Wildman–Crippen MR) is 99.4 cm³/mol. The van der Waals surface area contributed by atoms with Crippen molar-refractivity contribution in [1.29, 1.82) is 0 Å². The van der Waals surface area contributed by atoms with Gasteiger partial charge in [0.25, 0.3) is 0 Å². The Balaban J connectivity index is 1.60. The lowest BCUT2D eigenvalue weighted by atomic mass is 9.58. The van der Waals surface area contributed by atoms with E-state index in [4.69, 9.17) is 4.74 Å². The number of piperidine rings is 2. The average molecular weight is 355 g/mol. The molecular weight excluding hydrogens is 326 g/mol. The molecule has 4 fully saturated rings. The van der Waals surface area contributed by atoms with E-state index in [9.17, 15) is 4.79 Å². The van der Waals surface area contributed by atoms with Crippen molar-refractivity contribution >= 4 is 16.7 Å². The Kier molecular flexibility index (Phi) is 3.35. The van der Waals surface area contributed by atoms with Crippen molar-refractivity contribution in [3.63, 3.8) is 0 Å². The quantitative estimate of drug-likeness (QED) is 0.741. The molecule has 0 aliphatic carbocycles. The topological polar surface area (TPSA) is 51.0 Å². The highest BCUT2D eigenvalue weighted by atomic mass is 16.5. The van der Waals surface area contributed by atoms with Crippen molar-refractivity contribution in [2.75, 3.05) is 33.3 Å². The van der Waals surface area contributed by atoms with Gasteiger partial charge in [0.05, 0.1) is 12.7 Å². The summed E-state index contributed by atoms with van der Waals surface area (Å²) < 4.78 is 5.46. The van der Waals surface area contributed by atoms with Crippen LogP contribution in [0.15, 0.2) is 24.4 Å². The Bertz CT molecular complexity index is 845. The molecule has 4 aliphatic heterocycles. The highest BCUT2D eigenvalue weighted by Gasteiger charge is 2.70. The first kappa shape index (κ1) is 16.3. The summed E-state index contributed by atoms with van der Waals surface area (Å²) in [6, 6.07) is 6.27. The first-order valence-corrected chi connectivity index (χ1v) is 9.95. The number of rotatable bonds is 4. The Morgan fingerprint density at radius 2 is 1.73 bits per heavy atom. The first-order chi connectivity index (χ1) is 12.6. The maximum Gasteiger partial charge on any atom is 0.242 e. The third-order valence-electron chi connectivity index (χ3n) is 7.63. The number of carbonyl (C=O) groups is 1. The highest BCUT2D eigenvalue weighted by molar-refractivity contribution is 5.92. The fourth-order valence-corrected chi connectivity index (χ4v) is 6.32. The zero-order valence-corrected chi connectivity index (χ0v) is 15.9. The summed E-state index contributed by atoms with van der Waals surface area (Å²) in [6.45, 7) is 8.40. The van der Waals surface area contributed by atoms with E-state index >= 15 is 0 Å². The van der Waals surface area contributed by atoms with Crippen LogP contribution in [0.3, 0.4) is 0 Å². The minimum atomic E-state index is -0.0997. The van der Waals surface area contributed by atoms with E-state index < -0.39 is 0 Å². The molecular formula is C21H29N3O2+2. The van der Waals surface area contributed by atoms with Crippen molar-refractivity contribution in [3.05, 3.63) is 30.0 Å². The molecule has 6 rings (SSSR count). The van der Waals surface area contributed by atoms with Crippen molar-refractivity contribution in [1.82, 2.24) is 4.98 Å². The van der Waals surface area contributed by atoms with Crippen molar-refractivity contribution in [2.24, 2.45) is 10.8 Å². The second-order valence-electron chi connectivity index (χ2n) is 8.71. The maximum atomic E-state index is 13.3. The van der Waals surface area contributed by atoms with Crippen molar-refractivity contribution < 1.29 is 19.3 Å². The number of benzene rings is 1. The number of Topliss-reactive ketones (excluding diaryl/α,β-unsaturated/α-hetero) is 1. The minimum absolute atomic E-state index is 0.0997. The van der Waals surface area contributed by atoms with Crippen LogP contribution in [0.4, 0.5) is 0 Å². The summed E-state index contributed by atoms with van der Waals surface area (Å²) in [4.78, 5) is 20.0. The van der Waals surface area contributed by atoms with E-state index in [-0.39, 0.29) is 10.8 Å². The van der Waals surface area contributed by atoms with Gasteiger partial charge in [-0.25, -0.2) is 0 Å². The molecule has 5 heteroatoms. The van der Waals surface area contributed by atoms with Crippen molar-refractivity contribution in [3.8, 4) is 5.75 Å². The normalized spacial score (nSPS) is 38.3. The van der Waals surface area contributed by atoms with Gasteiger partial charge in [-0.05, 0) is 31.0 Å². The first-order valence-electron chi connectivity index (χ1n) is 9.95. The number of aromatic nitrogens is 1. The monoisotopic (exact) mass is 355 g/mol. The van der Waals surface area contributed by atoms with Gasteiger partial charge in [0.1, 0.15) is 42.8 Å². The molecule has 0 unspecified atom stereocenters. The number of quaternary nitrogens is 2. The fraction of sp³-hybridized carbons (Fsp3) is 0.571. The fourth-order valence-electron chi connectivity index (χ4n) is 6.32. The molecule has 0 atom stereocenters. The van der Waals surface area contributed by atoms with Gasteiger partial charge in [0.15, 0.2) is 5.78 Å². The highest BCUT2D eigenvalue weighted by Crippen LogP contribution is 2.41. The number of ketones is 1. The number of methoxy groups -OCH3 is 1. The van der Waals surface area contributed by atoms with Crippen LogP contribution in [-0.2, 0) is 4.79 Å². The molecule has 138 valence electrons. The number of H-pyrrole nitrogens is 1. The molecule has 4 bridgehead atoms. The number of aromatic amines is 1. The van der Waals surface area contributed by atoms with Gasteiger partial charge in [-0.2, -0.15) is 0 Å². The van der Waals surface area contributed by atoms with Crippen LogP contribution in [-0.4, -0.2) is 44.1 Å². The summed E-state index contributed by atoms with van der Waals surface area (Å²) in [5.41, 5.74) is 2.35. The second kappa shape index (κ2) is 5.33. The lowest BCUT2D eigenvalue weighted by molar-refractivity contribution is -1.18. The minimum Gasteiger partial charge on any atom is -0.497 e. The molecule has 0 spiro atoms. The molecule has 4 saturated heterocycles. The van der Waals surface area contributed by atoms with E-state index in [1.807, 2.05) is 6.07 Å². The summed E-state index contributed by atoms with van der Waals surface area (Å²) in [7, 11) is 1.72. The van der Waals surface area contributed by atoms with Gasteiger partial charge in [0, 0.05) is 17.1 Å². The molecule has 0 amide bonds. The van der Waals surface area contributed by atoms with Gasteiger partial charge in [-0.15, -0.1) is 0 Å². The largest absolute Gasteiger partial charge is 0.497 e. The van der Waals surface area contributed by atoms with E-state index in [0.717, 1.165) is 44.8 Å². The average Bonchev–Trinajstić information content (AvgIpc) is 3.07. The number of nitrogens with one attached hydrogen (secondary N) is 3. The van der Waals surface area contributed by atoms with Crippen LogP contribution in [0.25, 0.3) is 10.9 Å². The van der Waals surface area contributed by atoms with Crippen LogP contribution >= 0.6 is 0 Å². The second-order valence-corrected chi connectivity index (χ2v) is 8.71. The van der Waals surface area contributed by atoms with E-state index in [0.29, 0.717) is 11.9 Å². The third kappa shape index (κ3) is 1.90. The lowest BCUT2D eigenvalue weighted by Gasteiger charge is -2.60. The van der Waals surface area contributed by atoms with Crippen LogP contribution < -0.4 is 14.5 Å². The van der Waals surface area contributed by atoms with Crippen LogP contribution in [0, 0.1) is 10.8 Å². The van der Waals surface area contributed by atoms with Crippen LogP contribution in [0.1, 0.15) is 38.4 Å². The van der Waals surface area contributed by atoms with Crippen molar-refractivity contribution in [2.45, 2.75) is 32.9 Å². The standard InChI is InChI=1S/C21H27N3O2/c1-4-20-10-23-12-21(5-2,19(20)25)13-24(11-20)18(23)16-9-22-17-7-6-14(26-3)8-15(16)17/h6-9,18,22H,4-5,10-13H2,1-3H3/p+2. The molecule has 2 aromatic rings. The zero-order chi connectivity index (χ0) is 18.1.